The van der Waals surface area contributed by atoms with Crippen LogP contribution in [0, 0.1) is 5.92 Å². The summed E-state index contributed by atoms with van der Waals surface area (Å²) >= 11 is 0. The Labute approximate surface area is 107 Å². The van der Waals surface area contributed by atoms with Gasteiger partial charge in [0.05, 0.1) is 6.04 Å². The van der Waals surface area contributed by atoms with Crippen molar-refractivity contribution >= 4 is 5.91 Å². The molecule has 1 amide bonds. The third-order valence-corrected chi connectivity index (χ3v) is 3.31. The van der Waals surface area contributed by atoms with Crippen LogP contribution >= 0.6 is 0 Å². The predicted molar refractivity (Wildman–Crippen MR) is 66.1 cm³/mol. The molecular formula is C12H20N4O2. The van der Waals surface area contributed by atoms with Gasteiger partial charge in [-0.3, -0.25) is 4.79 Å². The Morgan fingerprint density at radius 1 is 1.67 bits per heavy atom. The van der Waals surface area contributed by atoms with Gasteiger partial charge >= 0.3 is 0 Å². The zero-order chi connectivity index (χ0) is 13.0. The summed E-state index contributed by atoms with van der Waals surface area (Å²) in [5.74, 6) is 0.836. The van der Waals surface area contributed by atoms with Crippen LogP contribution in [0.4, 0.5) is 0 Å². The molecule has 0 spiro atoms. The topological polar surface area (TPSA) is 80.0 Å². The third-order valence-electron chi connectivity index (χ3n) is 3.31. The summed E-state index contributed by atoms with van der Waals surface area (Å²) in [6, 6.07) is 0.105. The molecule has 6 heteroatoms. The first-order valence-corrected chi connectivity index (χ1v) is 6.56. The first-order valence-electron chi connectivity index (χ1n) is 6.56. The van der Waals surface area contributed by atoms with Crippen LogP contribution in [-0.2, 0) is 0 Å². The highest BCUT2D eigenvalue weighted by Crippen LogP contribution is 2.20. The van der Waals surface area contributed by atoms with E-state index in [1.165, 1.54) is 0 Å². The summed E-state index contributed by atoms with van der Waals surface area (Å²) in [7, 11) is 0. The summed E-state index contributed by atoms with van der Waals surface area (Å²) < 4.78 is 5.12. The zero-order valence-electron chi connectivity index (χ0n) is 10.9. The van der Waals surface area contributed by atoms with Crippen LogP contribution in [0.25, 0.3) is 0 Å². The molecule has 1 aliphatic rings. The molecule has 2 heterocycles. The van der Waals surface area contributed by atoms with Crippen molar-refractivity contribution in [3.63, 3.8) is 0 Å². The van der Waals surface area contributed by atoms with Gasteiger partial charge in [0.25, 0.3) is 11.7 Å². The number of aromatic nitrogens is 2. The highest BCUT2D eigenvalue weighted by molar-refractivity contribution is 5.90. The lowest BCUT2D eigenvalue weighted by molar-refractivity contribution is 0.0934. The highest BCUT2D eigenvalue weighted by Gasteiger charge is 2.24. The maximum atomic E-state index is 11.8. The van der Waals surface area contributed by atoms with Crippen LogP contribution in [0.5, 0.6) is 0 Å². The van der Waals surface area contributed by atoms with Crippen molar-refractivity contribution in [2.24, 2.45) is 5.92 Å². The Kier molecular flexibility index (Phi) is 4.30. The smallest absolute Gasteiger partial charge is 0.292 e. The molecule has 0 radical (unpaired) electrons. The summed E-state index contributed by atoms with van der Waals surface area (Å²) in [6.07, 6.45) is 3.11. The molecule has 100 valence electrons. The Bertz CT molecular complexity index is 399. The van der Waals surface area contributed by atoms with Crippen molar-refractivity contribution in [2.45, 2.75) is 39.2 Å². The van der Waals surface area contributed by atoms with E-state index in [0.29, 0.717) is 18.4 Å². The molecular weight excluding hydrogens is 232 g/mol. The van der Waals surface area contributed by atoms with Gasteiger partial charge in [0.1, 0.15) is 0 Å². The van der Waals surface area contributed by atoms with Gasteiger partial charge in [-0.05, 0) is 25.3 Å². The number of nitrogens with zero attached hydrogens (tertiary/aromatic N) is 2. The van der Waals surface area contributed by atoms with E-state index < -0.39 is 0 Å². The van der Waals surface area contributed by atoms with Crippen molar-refractivity contribution < 1.29 is 9.32 Å². The Balaban J connectivity index is 1.90. The van der Waals surface area contributed by atoms with Crippen molar-refractivity contribution in [1.82, 2.24) is 20.8 Å². The van der Waals surface area contributed by atoms with Crippen LogP contribution in [-0.4, -0.2) is 29.1 Å². The minimum Gasteiger partial charge on any atom is -0.349 e. The first kappa shape index (κ1) is 13.0. The molecule has 1 saturated heterocycles. The lowest BCUT2D eigenvalue weighted by Crippen LogP contribution is -2.29. The largest absolute Gasteiger partial charge is 0.349 e. The molecule has 2 atom stereocenters. The lowest BCUT2D eigenvalue weighted by atomic mass is 10.1. The van der Waals surface area contributed by atoms with E-state index in [-0.39, 0.29) is 17.8 Å². The average Bonchev–Trinajstić information content (AvgIpc) is 3.04. The number of carbonyl (C=O) groups excluding carboxylic acids is 1. The SMILES string of the molecule is CCC(C)CNC(=O)c1noc(C2CCCN2)n1. The van der Waals surface area contributed by atoms with Crippen molar-refractivity contribution in [1.29, 1.82) is 0 Å². The average molecular weight is 252 g/mol. The molecule has 0 saturated carbocycles. The summed E-state index contributed by atoms with van der Waals surface area (Å²) in [5.41, 5.74) is 0. The monoisotopic (exact) mass is 252 g/mol. The standard InChI is InChI=1S/C12H20N4O2/c1-3-8(2)7-14-11(17)10-15-12(18-16-10)9-5-4-6-13-9/h8-9,13H,3-7H2,1-2H3,(H,14,17). The number of carbonyl (C=O) groups is 1. The molecule has 1 aromatic heterocycles. The van der Waals surface area contributed by atoms with Gasteiger partial charge in [-0.1, -0.05) is 25.4 Å². The van der Waals surface area contributed by atoms with Gasteiger partial charge in [-0.2, -0.15) is 4.98 Å². The Morgan fingerprint density at radius 2 is 2.50 bits per heavy atom. The summed E-state index contributed by atoms with van der Waals surface area (Å²) in [5, 5.41) is 9.79. The van der Waals surface area contributed by atoms with Gasteiger partial charge in [-0.25, -0.2) is 0 Å². The van der Waals surface area contributed by atoms with Crippen molar-refractivity contribution in [2.75, 3.05) is 13.1 Å². The quantitative estimate of drug-likeness (QED) is 0.825. The number of rotatable bonds is 5. The van der Waals surface area contributed by atoms with Gasteiger partial charge in [0.15, 0.2) is 0 Å². The van der Waals surface area contributed by atoms with E-state index >= 15 is 0 Å². The summed E-state index contributed by atoms with van der Waals surface area (Å²) in [4.78, 5) is 15.9. The van der Waals surface area contributed by atoms with E-state index in [2.05, 4.69) is 34.6 Å². The van der Waals surface area contributed by atoms with Gasteiger partial charge < -0.3 is 15.2 Å². The van der Waals surface area contributed by atoms with E-state index in [9.17, 15) is 4.79 Å². The molecule has 1 aliphatic heterocycles. The molecule has 1 fully saturated rings. The zero-order valence-corrected chi connectivity index (χ0v) is 10.9. The fraction of sp³-hybridized carbons (Fsp3) is 0.750. The Hall–Kier alpha value is -1.43. The van der Waals surface area contributed by atoms with Crippen LogP contribution in [0.15, 0.2) is 4.52 Å². The highest BCUT2D eigenvalue weighted by atomic mass is 16.5. The molecule has 2 unspecified atom stereocenters. The fourth-order valence-corrected chi connectivity index (χ4v) is 1.85. The number of hydrogen-bond donors (Lipinski definition) is 2. The second-order valence-electron chi connectivity index (χ2n) is 4.83. The normalized spacial score (nSPS) is 20.9. The second-order valence-corrected chi connectivity index (χ2v) is 4.83. The maximum absolute atomic E-state index is 11.8. The number of nitrogens with one attached hydrogen (secondary N) is 2. The van der Waals surface area contributed by atoms with Crippen LogP contribution < -0.4 is 10.6 Å². The number of hydrogen-bond acceptors (Lipinski definition) is 5. The fourth-order valence-electron chi connectivity index (χ4n) is 1.85. The van der Waals surface area contributed by atoms with Gasteiger partial charge in [-0.15, -0.1) is 0 Å². The molecule has 0 bridgehead atoms. The predicted octanol–water partition coefficient (Wildman–Crippen LogP) is 1.27. The van der Waals surface area contributed by atoms with Crippen LogP contribution in [0.1, 0.15) is 55.7 Å². The Morgan fingerprint density at radius 3 is 3.17 bits per heavy atom. The van der Waals surface area contributed by atoms with Gasteiger partial charge in [0.2, 0.25) is 5.89 Å². The minimum absolute atomic E-state index is 0.105. The third kappa shape index (κ3) is 3.07. The lowest BCUT2D eigenvalue weighted by Gasteiger charge is -2.07. The molecule has 18 heavy (non-hydrogen) atoms. The molecule has 0 aliphatic carbocycles. The van der Waals surface area contributed by atoms with Crippen LogP contribution in [0.2, 0.25) is 0 Å². The number of amides is 1. The summed E-state index contributed by atoms with van der Waals surface area (Å²) in [6.45, 7) is 5.78. The molecule has 6 nitrogen and oxygen atoms in total. The van der Waals surface area contributed by atoms with E-state index in [1.807, 2.05) is 0 Å². The van der Waals surface area contributed by atoms with E-state index in [4.69, 9.17) is 4.52 Å². The van der Waals surface area contributed by atoms with Gasteiger partial charge in [0, 0.05) is 6.54 Å². The molecule has 2 N–H and O–H groups in total. The second kappa shape index (κ2) is 5.95. The minimum atomic E-state index is -0.261. The van der Waals surface area contributed by atoms with E-state index in [1.54, 1.807) is 0 Å². The van der Waals surface area contributed by atoms with Crippen LogP contribution in [0.3, 0.4) is 0 Å². The molecule has 2 rings (SSSR count). The van der Waals surface area contributed by atoms with E-state index in [0.717, 1.165) is 25.8 Å². The van der Waals surface area contributed by atoms with Crippen molar-refractivity contribution in [3.05, 3.63) is 11.7 Å². The molecule has 0 aromatic carbocycles. The maximum Gasteiger partial charge on any atom is 0.292 e. The van der Waals surface area contributed by atoms with Crippen molar-refractivity contribution in [3.8, 4) is 0 Å². The molecule has 1 aromatic rings. The first-order chi connectivity index (χ1) is 8.70.